The fraction of sp³-hybridized carbons (Fsp3) is 0.214. The lowest BCUT2D eigenvalue weighted by molar-refractivity contribution is 0.111. The van der Waals surface area contributed by atoms with Gasteiger partial charge in [0.2, 0.25) is 6.35 Å². The van der Waals surface area contributed by atoms with Crippen LogP contribution in [0.3, 0.4) is 0 Å². The number of methoxy groups -OCH3 is 1. The quantitative estimate of drug-likeness (QED) is 0.869. The van der Waals surface area contributed by atoms with Crippen molar-refractivity contribution < 1.29 is 4.74 Å². The molecule has 0 bridgehead atoms. The summed E-state index contributed by atoms with van der Waals surface area (Å²) < 4.78 is 6.48. The van der Waals surface area contributed by atoms with Crippen LogP contribution in [0.1, 0.15) is 6.42 Å². The molecule has 1 aromatic heterocycles. The van der Waals surface area contributed by atoms with Gasteiger partial charge in [0, 0.05) is 19.0 Å². The minimum Gasteiger partial charge on any atom is -0.342 e. The molecule has 0 aliphatic carbocycles. The zero-order chi connectivity index (χ0) is 13.9. The molecule has 1 aliphatic rings. The van der Waals surface area contributed by atoms with Crippen LogP contribution in [0.2, 0.25) is 0 Å². The Labute approximate surface area is 120 Å². The number of benzene rings is 1. The SMILES string of the molecule is COC1N=CC=C(CC#N)N1c1nc2ccccc2s1. The molecule has 0 spiro atoms. The number of hydrogen-bond acceptors (Lipinski definition) is 6. The molecule has 0 saturated carbocycles. The van der Waals surface area contributed by atoms with E-state index in [-0.39, 0.29) is 0 Å². The van der Waals surface area contributed by atoms with Crippen LogP contribution in [0.25, 0.3) is 10.2 Å². The van der Waals surface area contributed by atoms with Gasteiger partial charge in [0.15, 0.2) is 5.13 Å². The molecule has 1 aromatic carbocycles. The zero-order valence-electron chi connectivity index (χ0n) is 10.9. The molecule has 100 valence electrons. The Hall–Kier alpha value is -2.23. The first-order valence-electron chi connectivity index (χ1n) is 6.10. The third-order valence-corrected chi connectivity index (χ3v) is 4.01. The molecule has 0 amide bonds. The molecular weight excluding hydrogens is 272 g/mol. The number of para-hydroxylation sites is 1. The molecule has 1 atom stereocenters. The van der Waals surface area contributed by atoms with Crippen LogP contribution >= 0.6 is 11.3 Å². The summed E-state index contributed by atoms with van der Waals surface area (Å²) >= 11 is 1.56. The highest BCUT2D eigenvalue weighted by Gasteiger charge is 2.26. The van der Waals surface area contributed by atoms with Crippen molar-refractivity contribution in [2.75, 3.05) is 12.0 Å². The number of nitriles is 1. The zero-order valence-corrected chi connectivity index (χ0v) is 11.7. The highest BCUT2D eigenvalue weighted by molar-refractivity contribution is 7.22. The second kappa shape index (κ2) is 5.41. The Morgan fingerprint density at radius 3 is 3.05 bits per heavy atom. The van der Waals surface area contributed by atoms with Gasteiger partial charge in [0.05, 0.1) is 22.7 Å². The highest BCUT2D eigenvalue weighted by atomic mass is 32.1. The molecule has 1 unspecified atom stereocenters. The fourth-order valence-corrected chi connectivity index (χ4v) is 3.07. The normalized spacial score (nSPS) is 18.1. The van der Waals surface area contributed by atoms with E-state index in [1.165, 1.54) is 0 Å². The van der Waals surface area contributed by atoms with Gasteiger partial charge in [0.1, 0.15) is 0 Å². The summed E-state index contributed by atoms with van der Waals surface area (Å²) in [6.45, 7) is 0. The third kappa shape index (κ3) is 2.18. The summed E-state index contributed by atoms with van der Waals surface area (Å²) in [5.74, 6) is 0. The van der Waals surface area contributed by atoms with E-state index in [0.29, 0.717) is 6.42 Å². The predicted octanol–water partition coefficient (Wildman–Crippen LogP) is 2.91. The van der Waals surface area contributed by atoms with Gasteiger partial charge in [-0.15, -0.1) is 0 Å². The molecule has 2 aromatic rings. The van der Waals surface area contributed by atoms with Crippen LogP contribution in [-0.4, -0.2) is 24.7 Å². The number of allylic oxidation sites excluding steroid dienone is 2. The third-order valence-electron chi connectivity index (χ3n) is 2.97. The van der Waals surface area contributed by atoms with Crippen molar-refractivity contribution in [3.05, 3.63) is 36.0 Å². The largest absolute Gasteiger partial charge is 0.342 e. The van der Waals surface area contributed by atoms with E-state index in [1.807, 2.05) is 35.2 Å². The van der Waals surface area contributed by atoms with Crippen molar-refractivity contribution in [3.8, 4) is 6.07 Å². The van der Waals surface area contributed by atoms with Crippen LogP contribution in [0, 0.1) is 11.3 Å². The monoisotopic (exact) mass is 284 g/mol. The van der Waals surface area contributed by atoms with Gasteiger partial charge in [-0.25, -0.2) is 9.98 Å². The van der Waals surface area contributed by atoms with E-state index in [2.05, 4.69) is 16.0 Å². The molecule has 0 radical (unpaired) electrons. The van der Waals surface area contributed by atoms with E-state index in [4.69, 9.17) is 10.00 Å². The van der Waals surface area contributed by atoms with Gasteiger partial charge in [0.25, 0.3) is 0 Å². The lowest BCUT2D eigenvalue weighted by Crippen LogP contribution is -2.36. The first-order valence-corrected chi connectivity index (χ1v) is 6.92. The maximum absolute atomic E-state index is 8.96. The second-order valence-electron chi connectivity index (χ2n) is 4.19. The van der Waals surface area contributed by atoms with Gasteiger partial charge in [-0.05, 0) is 18.2 Å². The lowest BCUT2D eigenvalue weighted by Gasteiger charge is -2.30. The van der Waals surface area contributed by atoms with Gasteiger partial charge >= 0.3 is 0 Å². The van der Waals surface area contributed by atoms with Crippen molar-refractivity contribution in [3.63, 3.8) is 0 Å². The number of rotatable bonds is 3. The number of hydrogen-bond donors (Lipinski definition) is 0. The molecular formula is C14H12N4OS. The standard InChI is InChI=1S/C14H12N4OS/c1-19-13-16-9-7-10(6-8-15)18(13)14-17-11-4-2-3-5-12(11)20-14/h2-5,7,9,13H,6H2,1H3. The molecule has 2 heterocycles. The highest BCUT2D eigenvalue weighted by Crippen LogP contribution is 2.34. The van der Waals surface area contributed by atoms with Crippen LogP contribution < -0.4 is 4.90 Å². The molecule has 6 heteroatoms. The average molecular weight is 284 g/mol. The first-order chi connectivity index (χ1) is 9.83. The maximum Gasteiger partial charge on any atom is 0.233 e. The second-order valence-corrected chi connectivity index (χ2v) is 5.20. The molecule has 3 rings (SSSR count). The topological polar surface area (TPSA) is 61.5 Å². The van der Waals surface area contributed by atoms with Gasteiger partial charge in [-0.3, -0.25) is 4.90 Å². The summed E-state index contributed by atoms with van der Waals surface area (Å²) in [4.78, 5) is 10.7. The van der Waals surface area contributed by atoms with Crippen molar-refractivity contribution in [2.24, 2.45) is 4.99 Å². The smallest absolute Gasteiger partial charge is 0.233 e. The molecule has 0 saturated heterocycles. The Bertz CT molecular complexity index is 695. The molecule has 20 heavy (non-hydrogen) atoms. The number of nitrogens with zero attached hydrogens (tertiary/aromatic N) is 4. The maximum atomic E-state index is 8.96. The lowest BCUT2D eigenvalue weighted by atomic mass is 10.2. The Morgan fingerprint density at radius 1 is 1.45 bits per heavy atom. The van der Waals surface area contributed by atoms with E-state index < -0.39 is 6.35 Å². The number of aliphatic imine (C=N–C) groups is 1. The van der Waals surface area contributed by atoms with Crippen LogP contribution in [0.5, 0.6) is 0 Å². The van der Waals surface area contributed by atoms with Gasteiger partial charge < -0.3 is 4.74 Å². The average Bonchev–Trinajstić information content (AvgIpc) is 2.90. The van der Waals surface area contributed by atoms with Crippen molar-refractivity contribution >= 4 is 32.9 Å². The van der Waals surface area contributed by atoms with Crippen molar-refractivity contribution in [1.82, 2.24) is 4.98 Å². The number of thiazole rings is 1. The minimum absolute atomic E-state index is 0.293. The van der Waals surface area contributed by atoms with Crippen LogP contribution in [0.15, 0.2) is 41.0 Å². The molecule has 5 nitrogen and oxygen atoms in total. The van der Waals surface area contributed by atoms with Crippen LogP contribution in [0.4, 0.5) is 5.13 Å². The van der Waals surface area contributed by atoms with Gasteiger partial charge in [-0.2, -0.15) is 5.26 Å². The first kappa shape index (κ1) is 12.8. The Morgan fingerprint density at radius 2 is 2.30 bits per heavy atom. The summed E-state index contributed by atoms with van der Waals surface area (Å²) in [6, 6.07) is 10.1. The number of ether oxygens (including phenoxy) is 1. The van der Waals surface area contributed by atoms with E-state index in [1.54, 1.807) is 24.7 Å². The summed E-state index contributed by atoms with van der Waals surface area (Å²) in [5.41, 5.74) is 1.78. The van der Waals surface area contributed by atoms with E-state index in [0.717, 1.165) is 21.0 Å². The number of aromatic nitrogens is 1. The minimum atomic E-state index is -0.469. The molecule has 1 aliphatic heterocycles. The molecule has 0 fully saturated rings. The predicted molar refractivity (Wildman–Crippen MR) is 79.7 cm³/mol. The summed E-state index contributed by atoms with van der Waals surface area (Å²) in [5, 5.41) is 9.75. The number of anilines is 1. The van der Waals surface area contributed by atoms with E-state index >= 15 is 0 Å². The Balaban J connectivity index is 2.06. The van der Waals surface area contributed by atoms with Crippen molar-refractivity contribution in [1.29, 1.82) is 5.26 Å². The van der Waals surface area contributed by atoms with Gasteiger partial charge in [-0.1, -0.05) is 23.5 Å². The Kier molecular flexibility index (Phi) is 3.46. The van der Waals surface area contributed by atoms with E-state index in [9.17, 15) is 0 Å². The number of fused-ring (bicyclic) bond motifs is 1. The summed E-state index contributed by atoms with van der Waals surface area (Å²) in [6.07, 6.45) is 3.32. The van der Waals surface area contributed by atoms with Crippen molar-refractivity contribution in [2.45, 2.75) is 12.8 Å². The fourth-order valence-electron chi connectivity index (χ4n) is 2.06. The molecule has 0 N–H and O–H groups in total. The van der Waals surface area contributed by atoms with Crippen LogP contribution in [-0.2, 0) is 4.74 Å². The summed E-state index contributed by atoms with van der Waals surface area (Å²) in [7, 11) is 1.59.